The van der Waals surface area contributed by atoms with Crippen molar-refractivity contribution in [3.05, 3.63) is 34.5 Å². The Labute approximate surface area is 102 Å². The van der Waals surface area contributed by atoms with Gasteiger partial charge in [0.25, 0.3) is 0 Å². The molecule has 0 atom stereocenters. The number of aryl methyl sites for hydroxylation is 3. The van der Waals surface area contributed by atoms with Crippen LogP contribution < -0.4 is 5.32 Å². The minimum Gasteiger partial charge on any atom is -0.358 e. The standard InChI is InChI=1S/C15H20N2/c1-9-6-10(2)15-13(7-9)14(11(3)17-15)8-16-12-4-5-12/h6-7,12,16-17H,4-5,8H2,1-3H3. The second kappa shape index (κ2) is 3.88. The van der Waals surface area contributed by atoms with E-state index in [9.17, 15) is 0 Å². The summed E-state index contributed by atoms with van der Waals surface area (Å²) in [7, 11) is 0. The van der Waals surface area contributed by atoms with Gasteiger partial charge in [0.1, 0.15) is 0 Å². The monoisotopic (exact) mass is 228 g/mol. The Morgan fingerprint density at radius 3 is 2.71 bits per heavy atom. The number of nitrogens with one attached hydrogen (secondary N) is 2. The molecule has 2 nitrogen and oxygen atoms in total. The van der Waals surface area contributed by atoms with Crippen LogP contribution in [0, 0.1) is 20.8 Å². The molecule has 1 aromatic heterocycles. The van der Waals surface area contributed by atoms with Gasteiger partial charge in [0.2, 0.25) is 0 Å². The molecule has 1 fully saturated rings. The fourth-order valence-corrected chi connectivity index (χ4v) is 2.60. The van der Waals surface area contributed by atoms with Gasteiger partial charge in [0.05, 0.1) is 0 Å². The van der Waals surface area contributed by atoms with Gasteiger partial charge in [-0.1, -0.05) is 11.6 Å². The van der Waals surface area contributed by atoms with Crippen LogP contribution in [0.1, 0.15) is 35.2 Å². The maximum absolute atomic E-state index is 3.61. The molecule has 2 aromatic rings. The second-order valence-corrected chi connectivity index (χ2v) is 5.39. The molecule has 1 saturated carbocycles. The summed E-state index contributed by atoms with van der Waals surface area (Å²) in [5.41, 5.74) is 6.75. The lowest BCUT2D eigenvalue weighted by Gasteiger charge is -2.04. The number of hydrogen-bond acceptors (Lipinski definition) is 1. The molecule has 0 saturated heterocycles. The van der Waals surface area contributed by atoms with Crippen molar-refractivity contribution in [3.8, 4) is 0 Å². The van der Waals surface area contributed by atoms with Crippen LogP contribution in [0.25, 0.3) is 10.9 Å². The van der Waals surface area contributed by atoms with Crippen LogP contribution in [0.5, 0.6) is 0 Å². The third-order valence-electron chi connectivity index (χ3n) is 3.72. The Morgan fingerprint density at radius 1 is 1.24 bits per heavy atom. The Balaban J connectivity index is 2.05. The number of aromatic amines is 1. The first-order valence-corrected chi connectivity index (χ1v) is 6.47. The van der Waals surface area contributed by atoms with Gasteiger partial charge in [-0.3, -0.25) is 0 Å². The first kappa shape index (κ1) is 10.8. The van der Waals surface area contributed by atoms with Crippen molar-refractivity contribution in [3.63, 3.8) is 0 Å². The summed E-state index contributed by atoms with van der Waals surface area (Å²) >= 11 is 0. The minimum atomic E-state index is 0.769. The average molecular weight is 228 g/mol. The third kappa shape index (κ3) is 1.98. The molecule has 0 bridgehead atoms. The van der Waals surface area contributed by atoms with Crippen molar-refractivity contribution in [1.82, 2.24) is 10.3 Å². The van der Waals surface area contributed by atoms with E-state index in [4.69, 9.17) is 0 Å². The van der Waals surface area contributed by atoms with Gasteiger partial charge in [0.15, 0.2) is 0 Å². The lowest BCUT2D eigenvalue weighted by atomic mass is 10.0. The minimum absolute atomic E-state index is 0.769. The molecule has 3 rings (SSSR count). The fraction of sp³-hybridized carbons (Fsp3) is 0.467. The van der Waals surface area contributed by atoms with Crippen LogP contribution >= 0.6 is 0 Å². The van der Waals surface area contributed by atoms with Gasteiger partial charge in [-0.25, -0.2) is 0 Å². The van der Waals surface area contributed by atoms with E-state index in [1.165, 1.54) is 46.1 Å². The summed E-state index contributed by atoms with van der Waals surface area (Å²) < 4.78 is 0. The van der Waals surface area contributed by atoms with Crippen LogP contribution in [0.15, 0.2) is 12.1 Å². The van der Waals surface area contributed by atoms with Crippen LogP contribution in [-0.2, 0) is 6.54 Å². The Bertz CT molecular complexity index is 562. The van der Waals surface area contributed by atoms with E-state index in [0.29, 0.717) is 0 Å². The largest absolute Gasteiger partial charge is 0.358 e. The molecule has 0 unspecified atom stereocenters. The number of hydrogen-bond donors (Lipinski definition) is 2. The third-order valence-corrected chi connectivity index (χ3v) is 3.72. The summed E-state index contributed by atoms with van der Waals surface area (Å²) in [6, 6.07) is 5.32. The summed E-state index contributed by atoms with van der Waals surface area (Å²) in [6.45, 7) is 7.54. The second-order valence-electron chi connectivity index (χ2n) is 5.39. The van der Waals surface area contributed by atoms with Crippen LogP contribution in [0.2, 0.25) is 0 Å². The SMILES string of the molecule is Cc1cc(C)c2[nH]c(C)c(CNC3CC3)c2c1. The Kier molecular flexibility index (Phi) is 2.48. The van der Waals surface area contributed by atoms with E-state index in [0.717, 1.165) is 12.6 Å². The smallest absolute Gasteiger partial charge is 0.0489 e. The van der Waals surface area contributed by atoms with E-state index in [1.54, 1.807) is 0 Å². The number of H-pyrrole nitrogens is 1. The van der Waals surface area contributed by atoms with Gasteiger partial charge in [-0.15, -0.1) is 0 Å². The lowest BCUT2D eigenvalue weighted by molar-refractivity contribution is 0.688. The highest BCUT2D eigenvalue weighted by Crippen LogP contribution is 2.27. The molecule has 0 amide bonds. The molecule has 2 N–H and O–H groups in total. The normalized spacial score (nSPS) is 15.7. The summed E-state index contributed by atoms with van der Waals surface area (Å²) in [6.07, 6.45) is 2.69. The maximum atomic E-state index is 3.61. The van der Waals surface area contributed by atoms with E-state index in [2.05, 4.69) is 43.2 Å². The molecular formula is C15H20N2. The van der Waals surface area contributed by atoms with Crippen molar-refractivity contribution in [1.29, 1.82) is 0 Å². The molecule has 90 valence electrons. The zero-order chi connectivity index (χ0) is 12.0. The quantitative estimate of drug-likeness (QED) is 0.828. The van der Waals surface area contributed by atoms with Crippen molar-refractivity contribution < 1.29 is 0 Å². The highest BCUT2D eigenvalue weighted by Gasteiger charge is 2.21. The average Bonchev–Trinajstić information content (AvgIpc) is 3.02. The van der Waals surface area contributed by atoms with Crippen LogP contribution in [0.3, 0.4) is 0 Å². The summed E-state index contributed by atoms with van der Waals surface area (Å²) in [5, 5.41) is 5.01. The number of benzene rings is 1. The first-order chi connectivity index (χ1) is 8.15. The number of rotatable bonds is 3. The lowest BCUT2D eigenvalue weighted by Crippen LogP contribution is -2.15. The number of aromatic nitrogens is 1. The van der Waals surface area contributed by atoms with Crippen molar-refractivity contribution in [2.75, 3.05) is 0 Å². The Hall–Kier alpha value is -1.28. The van der Waals surface area contributed by atoms with Gasteiger partial charge < -0.3 is 10.3 Å². The van der Waals surface area contributed by atoms with Gasteiger partial charge in [0, 0.05) is 29.2 Å². The van der Waals surface area contributed by atoms with Crippen LogP contribution in [0.4, 0.5) is 0 Å². The van der Waals surface area contributed by atoms with Crippen molar-refractivity contribution in [2.45, 2.75) is 46.2 Å². The van der Waals surface area contributed by atoms with Crippen molar-refractivity contribution in [2.24, 2.45) is 0 Å². The predicted octanol–water partition coefficient (Wildman–Crippen LogP) is 3.35. The van der Waals surface area contributed by atoms with E-state index in [-0.39, 0.29) is 0 Å². The Morgan fingerprint density at radius 2 is 2.00 bits per heavy atom. The molecule has 0 aliphatic heterocycles. The van der Waals surface area contributed by atoms with E-state index >= 15 is 0 Å². The molecule has 1 heterocycles. The molecule has 17 heavy (non-hydrogen) atoms. The molecule has 1 aromatic carbocycles. The van der Waals surface area contributed by atoms with Crippen molar-refractivity contribution >= 4 is 10.9 Å². The topological polar surface area (TPSA) is 27.8 Å². The van der Waals surface area contributed by atoms with Gasteiger partial charge in [-0.05, 0) is 50.8 Å². The predicted molar refractivity (Wildman–Crippen MR) is 72.4 cm³/mol. The molecule has 0 radical (unpaired) electrons. The zero-order valence-electron chi connectivity index (χ0n) is 10.9. The highest BCUT2D eigenvalue weighted by molar-refractivity contribution is 5.87. The van der Waals surface area contributed by atoms with E-state index in [1.807, 2.05) is 0 Å². The molecule has 0 spiro atoms. The van der Waals surface area contributed by atoms with E-state index < -0.39 is 0 Å². The maximum Gasteiger partial charge on any atom is 0.0489 e. The summed E-state index contributed by atoms with van der Waals surface area (Å²) in [5.74, 6) is 0. The number of fused-ring (bicyclic) bond motifs is 1. The molecule has 1 aliphatic rings. The van der Waals surface area contributed by atoms with Crippen LogP contribution in [-0.4, -0.2) is 11.0 Å². The summed E-state index contributed by atoms with van der Waals surface area (Å²) in [4.78, 5) is 3.53. The fourth-order valence-electron chi connectivity index (χ4n) is 2.60. The van der Waals surface area contributed by atoms with Gasteiger partial charge in [-0.2, -0.15) is 0 Å². The molecule has 1 aliphatic carbocycles. The molecular weight excluding hydrogens is 208 g/mol. The van der Waals surface area contributed by atoms with Gasteiger partial charge >= 0.3 is 0 Å². The highest BCUT2D eigenvalue weighted by atomic mass is 14.9. The zero-order valence-corrected chi connectivity index (χ0v) is 10.9. The first-order valence-electron chi connectivity index (χ1n) is 6.47. The molecule has 2 heteroatoms.